The summed E-state index contributed by atoms with van der Waals surface area (Å²) in [6.45, 7) is -0.0136. The average molecular weight is 250 g/mol. The largest absolute Gasteiger partial charge is 0.491 e. The Hall–Kier alpha value is -1.99. The van der Waals surface area contributed by atoms with Gasteiger partial charge in [0.1, 0.15) is 16.8 Å². The third kappa shape index (κ3) is 2.82. The first-order chi connectivity index (χ1) is 8.70. The van der Waals surface area contributed by atoms with Crippen molar-refractivity contribution < 1.29 is 14.9 Å². The molecule has 4 N–H and O–H groups in total. The number of nitrogen functional groups attached to an aromatic ring is 1. The van der Waals surface area contributed by atoms with Crippen LogP contribution in [0.4, 0.5) is 5.95 Å². The molecule has 0 aliphatic rings. The molecule has 1 aromatic carbocycles. The number of aromatic nitrogens is 3. The monoisotopic (exact) mass is 250 g/mol. The molecule has 2 aromatic rings. The number of aliphatic hydroxyl groups excluding tert-OH is 2. The lowest BCUT2D eigenvalue weighted by Gasteiger charge is -2.10. The number of nitrogens with two attached hydrogens (primary N) is 1. The topological polar surface area (TPSA) is 114 Å². The molecule has 1 unspecified atom stereocenters. The number of hydrogen-bond donors (Lipinski definition) is 3. The molecule has 7 heteroatoms. The third-order valence-corrected chi connectivity index (χ3v) is 2.38. The number of ether oxygens (including phenoxy) is 1. The molecule has 7 nitrogen and oxygen atoms in total. The zero-order valence-electron chi connectivity index (χ0n) is 9.65. The van der Waals surface area contributed by atoms with Crippen LogP contribution in [0.5, 0.6) is 5.75 Å². The van der Waals surface area contributed by atoms with Crippen LogP contribution in [0, 0.1) is 0 Å². The van der Waals surface area contributed by atoms with Crippen LogP contribution in [-0.2, 0) is 0 Å². The number of aliphatic hydroxyl groups is 2. The summed E-state index contributed by atoms with van der Waals surface area (Å²) in [4.78, 5) is 4.06. The Labute approximate surface area is 103 Å². The SMILES string of the molecule is Nc1nnc2cccc(OCCC(O)CO)c2n1. The Balaban J connectivity index is 2.15. The molecule has 96 valence electrons. The minimum absolute atomic E-state index is 0.0777. The van der Waals surface area contributed by atoms with Crippen molar-refractivity contribution in [3.63, 3.8) is 0 Å². The third-order valence-electron chi connectivity index (χ3n) is 2.38. The molecule has 0 spiro atoms. The maximum Gasteiger partial charge on any atom is 0.240 e. The average Bonchev–Trinajstić information content (AvgIpc) is 2.39. The molecule has 0 bridgehead atoms. The van der Waals surface area contributed by atoms with Crippen molar-refractivity contribution in [3.05, 3.63) is 18.2 Å². The lowest BCUT2D eigenvalue weighted by atomic mass is 10.2. The molecule has 18 heavy (non-hydrogen) atoms. The molecule has 2 rings (SSSR count). The second-order valence-corrected chi connectivity index (χ2v) is 3.77. The molecule has 0 amide bonds. The Morgan fingerprint density at radius 3 is 2.94 bits per heavy atom. The van der Waals surface area contributed by atoms with Crippen LogP contribution >= 0.6 is 0 Å². The van der Waals surface area contributed by atoms with Gasteiger partial charge in [0.2, 0.25) is 5.95 Å². The van der Waals surface area contributed by atoms with Gasteiger partial charge in [-0.3, -0.25) is 0 Å². The van der Waals surface area contributed by atoms with E-state index in [4.69, 9.17) is 15.6 Å². The number of nitrogens with zero attached hydrogens (tertiary/aromatic N) is 3. The summed E-state index contributed by atoms with van der Waals surface area (Å²) in [6.07, 6.45) is -0.446. The van der Waals surface area contributed by atoms with Crippen LogP contribution in [0.3, 0.4) is 0 Å². The lowest BCUT2D eigenvalue weighted by molar-refractivity contribution is 0.0756. The van der Waals surface area contributed by atoms with E-state index < -0.39 is 6.10 Å². The summed E-state index contributed by atoms with van der Waals surface area (Å²) < 4.78 is 5.49. The predicted octanol–water partition coefficient (Wildman–Crippen LogP) is -0.271. The van der Waals surface area contributed by atoms with Gasteiger partial charge in [0, 0.05) is 6.42 Å². The van der Waals surface area contributed by atoms with Crippen molar-refractivity contribution in [3.8, 4) is 5.75 Å². The van der Waals surface area contributed by atoms with E-state index in [-0.39, 0.29) is 19.2 Å². The first-order valence-electron chi connectivity index (χ1n) is 5.51. The molecule has 1 aromatic heterocycles. The van der Waals surface area contributed by atoms with Gasteiger partial charge in [-0.1, -0.05) is 6.07 Å². The molecule has 0 aliphatic heterocycles. The number of para-hydroxylation sites is 1. The molecular formula is C11H14N4O3. The van der Waals surface area contributed by atoms with E-state index in [0.29, 0.717) is 23.2 Å². The van der Waals surface area contributed by atoms with E-state index in [1.165, 1.54) is 0 Å². The van der Waals surface area contributed by atoms with Gasteiger partial charge >= 0.3 is 0 Å². The smallest absolute Gasteiger partial charge is 0.240 e. The van der Waals surface area contributed by atoms with Gasteiger partial charge in [0.05, 0.1) is 19.3 Å². The number of rotatable bonds is 5. The van der Waals surface area contributed by atoms with Crippen LogP contribution in [0.1, 0.15) is 6.42 Å². The maximum absolute atomic E-state index is 9.21. The standard InChI is InChI=1S/C11H14N4O3/c12-11-13-10-8(14-15-11)2-1-3-9(10)18-5-4-7(17)6-16/h1-3,7,16-17H,4-6H2,(H2,12,13,15). The quantitative estimate of drug-likeness (QED) is 0.669. The van der Waals surface area contributed by atoms with Gasteiger partial charge in [0.25, 0.3) is 0 Å². The fourth-order valence-electron chi connectivity index (χ4n) is 1.46. The predicted molar refractivity (Wildman–Crippen MR) is 65.0 cm³/mol. The van der Waals surface area contributed by atoms with Crippen LogP contribution in [0.15, 0.2) is 18.2 Å². The van der Waals surface area contributed by atoms with Gasteiger partial charge in [-0.25, -0.2) is 4.98 Å². The second-order valence-electron chi connectivity index (χ2n) is 3.77. The first-order valence-corrected chi connectivity index (χ1v) is 5.51. The second kappa shape index (κ2) is 5.56. The van der Waals surface area contributed by atoms with Crippen LogP contribution in [0.25, 0.3) is 11.0 Å². The highest BCUT2D eigenvalue weighted by molar-refractivity contribution is 5.80. The van der Waals surface area contributed by atoms with E-state index in [1.54, 1.807) is 18.2 Å². The minimum atomic E-state index is -0.780. The maximum atomic E-state index is 9.21. The molecule has 0 fully saturated rings. The fourth-order valence-corrected chi connectivity index (χ4v) is 1.46. The van der Waals surface area contributed by atoms with E-state index in [2.05, 4.69) is 15.2 Å². The first kappa shape index (κ1) is 12.5. The van der Waals surface area contributed by atoms with E-state index in [9.17, 15) is 5.11 Å². The Bertz CT molecular complexity index is 535. The van der Waals surface area contributed by atoms with Gasteiger partial charge in [-0.15, -0.1) is 10.2 Å². The van der Waals surface area contributed by atoms with Gasteiger partial charge in [-0.05, 0) is 12.1 Å². The van der Waals surface area contributed by atoms with E-state index >= 15 is 0 Å². The number of anilines is 1. The minimum Gasteiger partial charge on any atom is -0.491 e. The van der Waals surface area contributed by atoms with Crippen LogP contribution in [0.2, 0.25) is 0 Å². The van der Waals surface area contributed by atoms with Crippen LogP contribution in [-0.4, -0.2) is 44.7 Å². The highest BCUT2D eigenvalue weighted by Gasteiger charge is 2.07. The highest BCUT2D eigenvalue weighted by Crippen LogP contribution is 2.22. The number of benzene rings is 1. The summed E-state index contributed by atoms with van der Waals surface area (Å²) in [5.41, 5.74) is 6.60. The number of hydrogen-bond acceptors (Lipinski definition) is 7. The van der Waals surface area contributed by atoms with E-state index in [0.717, 1.165) is 0 Å². The Kier molecular flexibility index (Phi) is 3.85. The molecule has 1 atom stereocenters. The molecule has 0 saturated carbocycles. The van der Waals surface area contributed by atoms with E-state index in [1.807, 2.05) is 0 Å². The van der Waals surface area contributed by atoms with Gasteiger partial charge in [-0.2, -0.15) is 0 Å². The molecule has 1 heterocycles. The normalized spacial score (nSPS) is 12.6. The molecular weight excluding hydrogens is 236 g/mol. The van der Waals surface area contributed by atoms with Crippen molar-refractivity contribution in [2.24, 2.45) is 0 Å². The Morgan fingerprint density at radius 1 is 1.33 bits per heavy atom. The number of fused-ring (bicyclic) bond motifs is 1. The molecule has 0 saturated heterocycles. The zero-order valence-corrected chi connectivity index (χ0v) is 9.65. The zero-order chi connectivity index (χ0) is 13.0. The molecule has 0 radical (unpaired) electrons. The van der Waals surface area contributed by atoms with Crippen LogP contribution < -0.4 is 10.5 Å². The van der Waals surface area contributed by atoms with Gasteiger partial charge in [0.15, 0.2) is 0 Å². The summed E-state index contributed by atoms with van der Waals surface area (Å²) in [7, 11) is 0. The summed E-state index contributed by atoms with van der Waals surface area (Å²) >= 11 is 0. The van der Waals surface area contributed by atoms with Crippen molar-refractivity contribution in [2.45, 2.75) is 12.5 Å². The van der Waals surface area contributed by atoms with Crippen molar-refractivity contribution in [2.75, 3.05) is 18.9 Å². The molecule has 0 aliphatic carbocycles. The van der Waals surface area contributed by atoms with Crippen molar-refractivity contribution >= 4 is 17.0 Å². The van der Waals surface area contributed by atoms with Crippen molar-refractivity contribution in [1.29, 1.82) is 0 Å². The summed E-state index contributed by atoms with van der Waals surface area (Å²) in [6, 6.07) is 5.26. The fraction of sp³-hybridized carbons (Fsp3) is 0.364. The lowest BCUT2D eigenvalue weighted by Crippen LogP contribution is -2.16. The summed E-state index contributed by atoms with van der Waals surface area (Å²) in [5.74, 6) is 0.605. The Morgan fingerprint density at radius 2 is 2.17 bits per heavy atom. The van der Waals surface area contributed by atoms with Gasteiger partial charge < -0.3 is 20.7 Å². The summed E-state index contributed by atoms with van der Waals surface area (Å²) in [5, 5.41) is 25.4. The van der Waals surface area contributed by atoms with Crippen molar-refractivity contribution in [1.82, 2.24) is 15.2 Å². The highest BCUT2D eigenvalue weighted by atomic mass is 16.5.